The zero-order valence-corrected chi connectivity index (χ0v) is 16.4. The van der Waals surface area contributed by atoms with E-state index in [0.29, 0.717) is 31.5 Å². The summed E-state index contributed by atoms with van der Waals surface area (Å²) in [5, 5.41) is 2.63. The number of anilines is 1. The molecule has 0 bridgehead atoms. The minimum Gasteiger partial charge on any atom is -0.444 e. The first-order chi connectivity index (χ1) is 12.5. The van der Waals surface area contributed by atoms with Crippen molar-refractivity contribution in [1.82, 2.24) is 14.8 Å². The molecule has 0 aromatic carbocycles. The molecule has 1 aliphatic rings. The molecule has 2 heterocycles. The number of nitrogens with one attached hydrogen (secondary N) is 1. The number of nitrogen functional groups attached to an aromatic ring is 1. The minimum atomic E-state index is -1.19. The average molecular weight is 376 g/mol. The maximum absolute atomic E-state index is 13.0. The third kappa shape index (κ3) is 4.15. The van der Waals surface area contributed by atoms with Crippen LogP contribution in [0.4, 0.5) is 10.5 Å². The van der Waals surface area contributed by atoms with Gasteiger partial charge in [-0.1, -0.05) is 12.2 Å². The van der Waals surface area contributed by atoms with Gasteiger partial charge in [0, 0.05) is 18.7 Å². The lowest BCUT2D eigenvalue weighted by atomic mass is 9.90. The highest BCUT2D eigenvalue weighted by molar-refractivity contribution is 5.69. The molecule has 8 nitrogen and oxygen atoms in total. The highest BCUT2D eigenvalue weighted by Gasteiger charge is 2.47. The van der Waals surface area contributed by atoms with Gasteiger partial charge in [-0.15, -0.1) is 0 Å². The predicted molar refractivity (Wildman–Crippen MR) is 103 cm³/mol. The molecule has 1 atom stereocenters. The van der Waals surface area contributed by atoms with Crippen molar-refractivity contribution < 1.29 is 14.3 Å². The van der Waals surface area contributed by atoms with Gasteiger partial charge in [0.2, 0.25) is 6.41 Å². The number of ether oxygens (including phenoxy) is 1. The number of likely N-dealkylation sites (tertiary alicyclic amines) is 1. The summed E-state index contributed by atoms with van der Waals surface area (Å²) >= 11 is 0. The molecule has 1 aliphatic heterocycles. The van der Waals surface area contributed by atoms with Gasteiger partial charge in [-0.3, -0.25) is 19.1 Å². The van der Waals surface area contributed by atoms with E-state index in [2.05, 4.69) is 11.9 Å². The Morgan fingerprint density at radius 1 is 1.44 bits per heavy atom. The van der Waals surface area contributed by atoms with Crippen LogP contribution >= 0.6 is 0 Å². The number of amides is 2. The van der Waals surface area contributed by atoms with E-state index in [-0.39, 0.29) is 12.2 Å². The van der Waals surface area contributed by atoms with E-state index in [1.807, 2.05) is 0 Å². The fourth-order valence-corrected chi connectivity index (χ4v) is 3.45. The van der Waals surface area contributed by atoms with Gasteiger partial charge in [-0.05, 0) is 46.2 Å². The summed E-state index contributed by atoms with van der Waals surface area (Å²) in [6, 6.07) is 3.24. The number of pyridine rings is 1. The summed E-state index contributed by atoms with van der Waals surface area (Å²) in [6.45, 7) is 11.5. The van der Waals surface area contributed by atoms with Crippen molar-refractivity contribution in [1.29, 1.82) is 0 Å². The second-order valence-electron chi connectivity index (χ2n) is 7.86. The quantitative estimate of drug-likeness (QED) is 0.615. The number of carbonyl (C=O) groups is 2. The molecule has 8 heteroatoms. The van der Waals surface area contributed by atoms with Crippen LogP contribution in [0.3, 0.4) is 0 Å². The van der Waals surface area contributed by atoms with E-state index < -0.39 is 22.9 Å². The monoisotopic (exact) mass is 376 g/mol. The van der Waals surface area contributed by atoms with Crippen LogP contribution in [0.25, 0.3) is 0 Å². The van der Waals surface area contributed by atoms with Gasteiger partial charge in [-0.2, -0.15) is 0 Å². The second-order valence-corrected chi connectivity index (χ2v) is 7.86. The zero-order valence-electron chi connectivity index (χ0n) is 16.4. The Morgan fingerprint density at radius 2 is 2.11 bits per heavy atom. The number of carbonyl (C=O) groups excluding carboxylic acids is 2. The third-order valence-corrected chi connectivity index (χ3v) is 4.53. The van der Waals surface area contributed by atoms with Gasteiger partial charge in [0.15, 0.2) is 0 Å². The summed E-state index contributed by atoms with van der Waals surface area (Å²) in [6.07, 6.45) is 0.866. The molecule has 2 rings (SSSR count). The lowest BCUT2D eigenvalue weighted by Crippen LogP contribution is -2.64. The topological polar surface area (TPSA) is 107 Å². The predicted octanol–water partition coefficient (Wildman–Crippen LogP) is 1.72. The highest BCUT2D eigenvalue weighted by atomic mass is 16.6. The van der Waals surface area contributed by atoms with Gasteiger partial charge in [0.05, 0.1) is 12.2 Å². The average Bonchev–Trinajstić information content (AvgIpc) is 2.55. The normalized spacial score (nSPS) is 20.3. The number of hydrogen-bond donors (Lipinski definition) is 2. The molecule has 1 aromatic rings. The van der Waals surface area contributed by atoms with Crippen LogP contribution in [0.2, 0.25) is 0 Å². The molecule has 1 unspecified atom stereocenters. The van der Waals surface area contributed by atoms with Crippen LogP contribution in [-0.2, 0) is 15.2 Å². The smallest absolute Gasteiger partial charge is 0.412 e. The van der Waals surface area contributed by atoms with Crippen LogP contribution in [-0.4, -0.2) is 40.7 Å². The van der Waals surface area contributed by atoms with Crippen molar-refractivity contribution in [3.8, 4) is 0 Å². The Balaban J connectivity index is 2.69. The molecule has 1 saturated heterocycles. The van der Waals surface area contributed by atoms with Crippen LogP contribution in [0.1, 0.15) is 39.3 Å². The third-order valence-electron chi connectivity index (χ3n) is 4.53. The van der Waals surface area contributed by atoms with Gasteiger partial charge >= 0.3 is 6.09 Å². The maximum Gasteiger partial charge on any atom is 0.412 e. The molecule has 1 fully saturated rings. The van der Waals surface area contributed by atoms with E-state index in [0.717, 1.165) is 5.57 Å². The summed E-state index contributed by atoms with van der Waals surface area (Å²) in [5.41, 5.74) is 5.10. The number of aromatic nitrogens is 1. The molecule has 0 saturated carbocycles. The highest BCUT2D eigenvalue weighted by Crippen LogP contribution is 2.36. The first kappa shape index (κ1) is 20.5. The lowest BCUT2D eigenvalue weighted by Gasteiger charge is -2.49. The lowest BCUT2D eigenvalue weighted by molar-refractivity contribution is -0.111. The Morgan fingerprint density at radius 3 is 2.70 bits per heavy atom. The first-order valence-electron chi connectivity index (χ1n) is 8.85. The Labute approximate surface area is 159 Å². The second kappa shape index (κ2) is 7.46. The van der Waals surface area contributed by atoms with Crippen molar-refractivity contribution >= 4 is 18.2 Å². The molecule has 0 spiro atoms. The van der Waals surface area contributed by atoms with E-state index >= 15 is 0 Å². The molecular formula is C19H28N4O4. The van der Waals surface area contributed by atoms with E-state index in [4.69, 9.17) is 10.5 Å². The number of aryl methyl sites for hydroxylation is 1. The maximum atomic E-state index is 13.0. The summed E-state index contributed by atoms with van der Waals surface area (Å²) in [5.74, 6) is 0. The molecule has 2 amide bonds. The standard InChI is InChI=1S/C19H28N4O4/c1-13-8-9-22(17(26)27-18(3,4)5)19(10-13,11-21-12-24)23-14(2)6-7-15(20)16(23)25/h6-7,12H,1,8-11,20H2,2-5H3,(H,21,24). The fourth-order valence-electron chi connectivity index (χ4n) is 3.45. The van der Waals surface area contributed by atoms with Crippen molar-refractivity contribution in [3.05, 3.63) is 40.3 Å². The molecular weight excluding hydrogens is 348 g/mol. The van der Waals surface area contributed by atoms with Gasteiger partial charge in [0.25, 0.3) is 5.56 Å². The molecule has 148 valence electrons. The number of piperidine rings is 1. The number of hydrogen-bond acceptors (Lipinski definition) is 5. The largest absolute Gasteiger partial charge is 0.444 e. The minimum absolute atomic E-state index is 0.0267. The molecule has 3 N–H and O–H groups in total. The number of rotatable bonds is 4. The van der Waals surface area contributed by atoms with E-state index in [9.17, 15) is 14.4 Å². The number of nitrogens with two attached hydrogens (primary N) is 1. The van der Waals surface area contributed by atoms with E-state index in [1.165, 1.54) is 15.5 Å². The Kier molecular flexibility index (Phi) is 5.67. The first-order valence-corrected chi connectivity index (χ1v) is 8.85. The van der Waals surface area contributed by atoms with Crippen molar-refractivity contribution in [2.75, 3.05) is 18.8 Å². The van der Waals surface area contributed by atoms with Crippen molar-refractivity contribution in [2.24, 2.45) is 0 Å². The SMILES string of the molecule is C=C1CCN(C(=O)OC(C)(C)C)C(CNC=O)(n2c(C)ccc(N)c2=O)C1. The van der Waals surface area contributed by atoms with Crippen molar-refractivity contribution in [3.63, 3.8) is 0 Å². The molecule has 1 aromatic heterocycles. The van der Waals surface area contributed by atoms with Crippen LogP contribution in [0.15, 0.2) is 29.1 Å². The zero-order chi connectivity index (χ0) is 20.4. The Bertz CT molecular complexity index is 809. The Hall–Kier alpha value is -2.77. The fraction of sp³-hybridized carbons (Fsp3) is 0.526. The molecule has 27 heavy (non-hydrogen) atoms. The van der Waals surface area contributed by atoms with Gasteiger partial charge < -0.3 is 15.8 Å². The van der Waals surface area contributed by atoms with Gasteiger partial charge in [0.1, 0.15) is 11.3 Å². The summed E-state index contributed by atoms with van der Waals surface area (Å²) in [7, 11) is 0. The summed E-state index contributed by atoms with van der Waals surface area (Å²) < 4.78 is 7.04. The van der Waals surface area contributed by atoms with Crippen LogP contribution in [0.5, 0.6) is 0 Å². The van der Waals surface area contributed by atoms with Gasteiger partial charge in [-0.25, -0.2) is 4.79 Å². The van der Waals surface area contributed by atoms with E-state index in [1.54, 1.807) is 33.8 Å². The molecule has 0 aliphatic carbocycles. The summed E-state index contributed by atoms with van der Waals surface area (Å²) in [4.78, 5) is 38.5. The molecule has 0 radical (unpaired) electrons. The van der Waals surface area contributed by atoms with Crippen molar-refractivity contribution in [2.45, 2.75) is 51.8 Å². The number of nitrogens with zero attached hydrogens (tertiary/aromatic N) is 2. The van der Waals surface area contributed by atoms with Crippen LogP contribution in [0, 0.1) is 6.92 Å². The van der Waals surface area contributed by atoms with Crippen LogP contribution < -0.4 is 16.6 Å².